The average Bonchev–Trinajstić information content (AvgIpc) is 3.08. The fraction of sp³-hybridized carbons (Fsp3) is 0.591. The van der Waals surface area contributed by atoms with Gasteiger partial charge in [0.1, 0.15) is 18.4 Å². The van der Waals surface area contributed by atoms with Crippen molar-refractivity contribution in [3.05, 3.63) is 57.2 Å². The Morgan fingerprint density at radius 3 is 2.66 bits per heavy atom. The summed E-state index contributed by atoms with van der Waals surface area (Å²) in [5.74, 6) is -0.415. The number of ether oxygens (including phenoxy) is 2. The number of rotatable bonds is 6. The van der Waals surface area contributed by atoms with E-state index in [1.54, 1.807) is 11.1 Å². The quantitative estimate of drug-likeness (QED) is 0.511. The van der Waals surface area contributed by atoms with Crippen LogP contribution in [0.3, 0.4) is 0 Å². The molecular formula is C22H33N3O6Si. The monoisotopic (exact) mass is 463 g/mol. The maximum Gasteiger partial charge on any atom is 0.336 e. The van der Waals surface area contributed by atoms with Gasteiger partial charge in [-0.05, 0) is 24.3 Å². The number of aromatic nitrogens is 2. The lowest BCUT2D eigenvalue weighted by atomic mass is 10.1. The molecule has 0 amide bonds. The number of hydrogen-bond acceptors (Lipinski definition) is 7. The van der Waals surface area contributed by atoms with Crippen molar-refractivity contribution < 1.29 is 18.7 Å². The van der Waals surface area contributed by atoms with E-state index in [0.29, 0.717) is 12.0 Å². The Balaban J connectivity index is 1.79. The fourth-order valence-electron chi connectivity index (χ4n) is 3.34. The minimum absolute atomic E-state index is 0.0108. The number of esters is 1. The van der Waals surface area contributed by atoms with Gasteiger partial charge in [0.05, 0.1) is 12.2 Å². The Labute approximate surface area is 188 Å². The standard InChI is InChI=1S/C22H33N3O6Si/c1-22(2,3)32(5,6)29-14-17-16(31-20(27)15-8-7-10-24(4)13-15)12-19(30-17)25-11-9-18(26)23-21(25)28/h7,9-11,13,16-17,19H,8,12,14H2,1-6H3,(H,23,26,28)/t16-,17+,19+/m0/s1. The number of allylic oxidation sites excluding steroid dienone is 1. The van der Waals surface area contributed by atoms with E-state index in [0.717, 1.165) is 0 Å². The van der Waals surface area contributed by atoms with E-state index in [1.807, 2.05) is 19.3 Å². The molecular weight excluding hydrogens is 430 g/mol. The number of nitrogens with one attached hydrogen (secondary N) is 1. The highest BCUT2D eigenvalue weighted by Gasteiger charge is 2.43. The topological polar surface area (TPSA) is 103 Å². The molecule has 3 heterocycles. The molecule has 10 heteroatoms. The van der Waals surface area contributed by atoms with Crippen molar-refractivity contribution in [3.8, 4) is 0 Å². The summed E-state index contributed by atoms with van der Waals surface area (Å²) in [4.78, 5) is 40.5. The van der Waals surface area contributed by atoms with Gasteiger partial charge < -0.3 is 18.8 Å². The molecule has 0 aromatic carbocycles. The van der Waals surface area contributed by atoms with Crippen molar-refractivity contribution in [1.82, 2.24) is 14.5 Å². The Morgan fingerprint density at radius 1 is 1.31 bits per heavy atom. The number of hydrogen-bond donors (Lipinski definition) is 1. The van der Waals surface area contributed by atoms with E-state index in [-0.39, 0.29) is 18.1 Å². The van der Waals surface area contributed by atoms with Gasteiger partial charge in [0.2, 0.25) is 0 Å². The second-order valence-electron chi connectivity index (χ2n) is 9.81. The van der Waals surface area contributed by atoms with Crippen LogP contribution < -0.4 is 11.2 Å². The van der Waals surface area contributed by atoms with Gasteiger partial charge in [-0.3, -0.25) is 14.3 Å². The molecule has 9 nitrogen and oxygen atoms in total. The largest absolute Gasteiger partial charge is 0.456 e. The van der Waals surface area contributed by atoms with E-state index < -0.39 is 44.0 Å². The second kappa shape index (κ2) is 9.20. The third kappa shape index (κ3) is 5.48. The third-order valence-corrected chi connectivity index (χ3v) is 10.8. The van der Waals surface area contributed by atoms with Crippen molar-refractivity contribution in [3.63, 3.8) is 0 Å². The minimum Gasteiger partial charge on any atom is -0.456 e. The van der Waals surface area contributed by atoms with E-state index in [9.17, 15) is 14.4 Å². The molecule has 0 aliphatic carbocycles. The molecule has 0 spiro atoms. The first-order valence-electron chi connectivity index (χ1n) is 10.8. The number of H-pyrrole nitrogens is 1. The maximum atomic E-state index is 12.8. The summed E-state index contributed by atoms with van der Waals surface area (Å²) in [5, 5.41) is 0.0108. The van der Waals surface area contributed by atoms with Gasteiger partial charge in [-0.15, -0.1) is 0 Å². The first kappa shape index (κ1) is 24.2. The Morgan fingerprint density at radius 2 is 2.03 bits per heavy atom. The molecule has 1 N–H and O–H groups in total. The van der Waals surface area contributed by atoms with E-state index >= 15 is 0 Å². The molecule has 176 valence electrons. The van der Waals surface area contributed by atoms with Crippen molar-refractivity contribution in [2.75, 3.05) is 13.7 Å². The highest BCUT2D eigenvalue weighted by atomic mass is 28.4. The fourth-order valence-corrected chi connectivity index (χ4v) is 4.36. The molecule has 2 aliphatic heterocycles. The van der Waals surface area contributed by atoms with Crippen molar-refractivity contribution >= 4 is 14.3 Å². The zero-order chi connectivity index (χ0) is 23.7. The van der Waals surface area contributed by atoms with Crippen LogP contribution in [0.5, 0.6) is 0 Å². The lowest BCUT2D eigenvalue weighted by Crippen LogP contribution is -2.44. The maximum absolute atomic E-state index is 12.8. The molecule has 32 heavy (non-hydrogen) atoms. The van der Waals surface area contributed by atoms with Crippen LogP contribution >= 0.6 is 0 Å². The van der Waals surface area contributed by atoms with Crippen LogP contribution in [-0.4, -0.2) is 54.6 Å². The van der Waals surface area contributed by atoms with Crippen molar-refractivity contribution in [2.45, 2.75) is 70.2 Å². The summed E-state index contributed by atoms with van der Waals surface area (Å²) >= 11 is 0. The van der Waals surface area contributed by atoms with E-state index in [4.69, 9.17) is 13.9 Å². The molecule has 0 bridgehead atoms. The highest BCUT2D eigenvalue weighted by molar-refractivity contribution is 6.74. The number of carbonyl (C=O) groups is 1. The van der Waals surface area contributed by atoms with Crippen LogP contribution in [-0.2, 0) is 18.7 Å². The smallest absolute Gasteiger partial charge is 0.336 e. The molecule has 3 atom stereocenters. The van der Waals surface area contributed by atoms with Crippen molar-refractivity contribution in [1.29, 1.82) is 0 Å². The average molecular weight is 464 g/mol. The molecule has 1 saturated heterocycles. The minimum atomic E-state index is -2.07. The summed E-state index contributed by atoms with van der Waals surface area (Å²) in [6.45, 7) is 11.0. The van der Waals surface area contributed by atoms with Gasteiger partial charge in [-0.2, -0.15) is 0 Å². The molecule has 1 aromatic heterocycles. The Kier molecular flexibility index (Phi) is 6.96. The predicted molar refractivity (Wildman–Crippen MR) is 122 cm³/mol. The first-order chi connectivity index (χ1) is 14.9. The van der Waals surface area contributed by atoms with Crippen LogP contribution in [0.4, 0.5) is 0 Å². The molecule has 0 radical (unpaired) electrons. The summed E-state index contributed by atoms with van der Waals surface area (Å²) in [5.41, 5.74) is -0.504. The van der Waals surface area contributed by atoms with Gasteiger partial charge in [-0.25, -0.2) is 9.59 Å². The molecule has 2 aliphatic rings. The van der Waals surface area contributed by atoms with Gasteiger partial charge in [0.15, 0.2) is 8.32 Å². The molecule has 0 unspecified atom stereocenters. The Bertz CT molecular complexity index is 1020. The van der Waals surface area contributed by atoms with Crippen LogP contribution in [0, 0.1) is 0 Å². The second-order valence-corrected chi connectivity index (χ2v) is 14.6. The van der Waals surface area contributed by atoms with Crippen LogP contribution in [0.15, 0.2) is 45.9 Å². The Hall–Kier alpha value is -2.43. The van der Waals surface area contributed by atoms with E-state index in [1.165, 1.54) is 16.8 Å². The lowest BCUT2D eigenvalue weighted by Gasteiger charge is -2.37. The van der Waals surface area contributed by atoms with Crippen LogP contribution in [0.2, 0.25) is 18.1 Å². The predicted octanol–water partition coefficient (Wildman–Crippen LogP) is 2.49. The highest BCUT2D eigenvalue weighted by Crippen LogP contribution is 2.38. The zero-order valence-corrected chi connectivity index (χ0v) is 20.6. The molecule has 1 aromatic rings. The first-order valence-corrected chi connectivity index (χ1v) is 13.7. The van der Waals surface area contributed by atoms with Gasteiger partial charge >= 0.3 is 11.7 Å². The van der Waals surface area contributed by atoms with Gasteiger partial charge in [-0.1, -0.05) is 26.8 Å². The van der Waals surface area contributed by atoms with E-state index in [2.05, 4.69) is 38.8 Å². The lowest BCUT2D eigenvalue weighted by molar-refractivity contribution is -0.148. The number of carbonyl (C=O) groups excluding carboxylic acids is 1. The zero-order valence-electron chi connectivity index (χ0n) is 19.6. The van der Waals surface area contributed by atoms with Gasteiger partial charge in [0, 0.05) is 38.4 Å². The number of aromatic amines is 1. The molecule has 1 fully saturated rings. The van der Waals surface area contributed by atoms with Crippen LogP contribution in [0.25, 0.3) is 0 Å². The van der Waals surface area contributed by atoms with Crippen molar-refractivity contribution in [2.24, 2.45) is 0 Å². The molecule has 0 saturated carbocycles. The third-order valence-electron chi connectivity index (χ3n) is 6.31. The normalized spacial score (nSPS) is 23.9. The molecule has 3 rings (SSSR count). The van der Waals surface area contributed by atoms with Gasteiger partial charge in [0.25, 0.3) is 5.56 Å². The summed E-state index contributed by atoms with van der Waals surface area (Å²) in [7, 11) is -0.223. The summed E-state index contributed by atoms with van der Waals surface area (Å²) < 4.78 is 19.6. The summed E-state index contributed by atoms with van der Waals surface area (Å²) in [6.07, 6.45) is 5.88. The summed E-state index contributed by atoms with van der Waals surface area (Å²) in [6, 6.07) is 1.26. The van der Waals surface area contributed by atoms with Crippen LogP contribution in [0.1, 0.15) is 39.8 Å². The SMILES string of the molecule is CN1C=CCC(C(=O)O[C@H]2C[C@H](n3ccc(=O)[nH]c3=O)O[C@@H]2CO[Si](C)(C)C(C)(C)C)=C1. The number of nitrogens with zero attached hydrogens (tertiary/aromatic N) is 2.